The molecule has 136 valence electrons. The van der Waals surface area contributed by atoms with Crippen LogP contribution in [0.1, 0.15) is 12.5 Å². The summed E-state index contributed by atoms with van der Waals surface area (Å²) in [6.07, 6.45) is 3.04. The van der Waals surface area contributed by atoms with Crippen molar-refractivity contribution in [2.24, 2.45) is 0 Å². The second-order valence-corrected chi connectivity index (χ2v) is 7.05. The largest absolute Gasteiger partial charge is 0.283 e. The number of pyridine rings is 1. The van der Waals surface area contributed by atoms with Crippen molar-refractivity contribution < 1.29 is 4.92 Å². The minimum Gasteiger partial charge on any atom is -0.283 e. The Hall–Kier alpha value is -3.27. The molecule has 0 radical (unpaired) electrons. The van der Waals surface area contributed by atoms with Crippen LogP contribution in [0, 0.1) is 17.0 Å². The molecule has 0 saturated heterocycles. The van der Waals surface area contributed by atoms with E-state index in [0.717, 1.165) is 5.75 Å². The second-order valence-electron chi connectivity index (χ2n) is 5.82. The fraction of sp³-hybridized carbons (Fsp3) is 0.176. The lowest BCUT2D eigenvalue weighted by Crippen LogP contribution is -2.19. The van der Waals surface area contributed by atoms with Gasteiger partial charge in [0.15, 0.2) is 0 Å². The maximum Gasteiger partial charge on any atom is 0.274 e. The van der Waals surface area contributed by atoms with Gasteiger partial charge in [-0.1, -0.05) is 24.8 Å². The van der Waals surface area contributed by atoms with Gasteiger partial charge in [0.25, 0.3) is 17.0 Å². The van der Waals surface area contributed by atoms with Crippen molar-refractivity contribution in [3.8, 4) is 5.69 Å². The third-order valence-electron chi connectivity index (χ3n) is 4.16. The molecule has 3 aromatic heterocycles. The predicted octanol–water partition coefficient (Wildman–Crippen LogP) is 2.76. The molecule has 0 bridgehead atoms. The summed E-state index contributed by atoms with van der Waals surface area (Å²) < 4.78 is 2.90. The monoisotopic (exact) mass is 382 g/mol. The smallest absolute Gasteiger partial charge is 0.274 e. The van der Waals surface area contributed by atoms with E-state index in [2.05, 4.69) is 15.1 Å². The highest BCUT2D eigenvalue weighted by Gasteiger charge is 2.15. The van der Waals surface area contributed by atoms with Crippen LogP contribution in [-0.2, 0) is 0 Å². The standard InChI is InChI=1S/C17H14N6O3S/c1-3-27-17-19-16-18-9-12-13(22(16)20-17)6-7-21(15(12)24)11-5-4-10(2)14(8-11)23(25)26/h4-9H,3H2,1-2H3. The van der Waals surface area contributed by atoms with Gasteiger partial charge in [-0.3, -0.25) is 19.5 Å². The minimum atomic E-state index is -0.460. The molecule has 0 aliphatic carbocycles. The van der Waals surface area contributed by atoms with E-state index in [4.69, 9.17) is 0 Å². The lowest BCUT2D eigenvalue weighted by atomic mass is 10.2. The number of nitro benzene ring substituents is 1. The molecule has 0 spiro atoms. The molecule has 0 atom stereocenters. The Labute approximate surface area is 156 Å². The van der Waals surface area contributed by atoms with Crippen LogP contribution in [0.4, 0.5) is 5.69 Å². The van der Waals surface area contributed by atoms with Gasteiger partial charge in [0.2, 0.25) is 5.16 Å². The van der Waals surface area contributed by atoms with E-state index in [9.17, 15) is 14.9 Å². The number of hydrogen-bond acceptors (Lipinski definition) is 7. The fourth-order valence-electron chi connectivity index (χ4n) is 2.84. The Morgan fingerprint density at radius 1 is 1.30 bits per heavy atom. The summed E-state index contributed by atoms with van der Waals surface area (Å²) in [6, 6.07) is 6.41. The van der Waals surface area contributed by atoms with Crippen LogP contribution in [0.3, 0.4) is 0 Å². The van der Waals surface area contributed by atoms with Gasteiger partial charge in [-0.25, -0.2) is 4.98 Å². The number of fused-ring (bicyclic) bond motifs is 3. The summed E-state index contributed by atoms with van der Waals surface area (Å²) >= 11 is 1.49. The van der Waals surface area contributed by atoms with E-state index >= 15 is 0 Å². The summed E-state index contributed by atoms with van der Waals surface area (Å²) in [5, 5.41) is 16.5. The Kier molecular flexibility index (Phi) is 4.11. The summed E-state index contributed by atoms with van der Waals surface area (Å²) in [7, 11) is 0. The van der Waals surface area contributed by atoms with E-state index in [0.29, 0.717) is 33.1 Å². The first kappa shape index (κ1) is 17.2. The first-order valence-corrected chi connectivity index (χ1v) is 9.13. The molecule has 0 saturated carbocycles. The van der Waals surface area contributed by atoms with Gasteiger partial charge >= 0.3 is 0 Å². The van der Waals surface area contributed by atoms with Crippen molar-refractivity contribution in [2.45, 2.75) is 19.0 Å². The van der Waals surface area contributed by atoms with Gasteiger partial charge < -0.3 is 0 Å². The van der Waals surface area contributed by atoms with Gasteiger partial charge in [-0.2, -0.15) is 9.50 Å². The van der Waals surface area contributed by atoms with Crippen LogP contribution in [0.15, 0.2) is 46.6 Å². The lowest BCUT2D eigenvalue weighted by molar-refractivity contribution is -0.385. The van der Waals surface area contributed by atoms with Gasteiger partial charge in [0.05, 0.1) is 21.5 Å². The first-order chi connectivity index (χ1) is 13.0. The molecule has 0 amide bonds. The first-order valence-electron chi connectivity index (χ1n) is 8.15. The van der Waals surface area contributed by atoms with E-state index in [1.165, 1.54) is 33.1 Å². The van der Waals surface area contributed by atoms with Crippen molar-refractivity contribution >= 4 is 34.1 Å². The highest BCUT2D eigenvalue weighted by molar-refractivity contribution is 7.99. The van der Waals surface area contributed by atoms with Gasteiger partial charge in [0, 0.05) is 24.0 Å². The van der Waals surface area contributed by atoms with Crippen LogP contribution in [0.5, 0.6) is 0 Å². The normalized spacial score (nSPS) is 11.3. The maximum atomic E-state index is 13.0. The Morgan fingerprint density at radius 2 is 2.11 bits per heavy atom. The van der Waals surface area contributed by atoms with Crippen molar-refractivity contribution in [3.63, 3.8) is 0 Å². The zero-order valence-corrected chi connectivity index (χ0v) is 15.3. The van der Waals surface area contributed by atoms with Crippen LogP contribution >= 0.6 is 11.8 Å². The zero-order valence-electron chi connectivity index (χ0n) is 14.5. The Bertz CT molecular complexity index is 1260. The molecule has 0 unspecified atom stereocenters. The summed E-state index contributed by atoms with van der Waals surface area (Å²) in [4.78, 5) is 32.2. The highest BCUT2D eigenvalue weighted by atomic mass is 32.2. The average Bonchev–Trinajstić information content (AvgIpc) is 3.06. The molecule has 4 rings (SSSR count). The molecule has 27 heavy (non-hydrogen) atoms. The van der Waals surface area contributed by atoms with Crippen molar-refractivity contribution in [1.29, 1.82) is 0 Å². The summed E-state index contributed by atoms with van der Waals surface area (Å²) in [6.45, 7) is 3.66. The number of aryl methyl sites for hydroxylation is 1. The molecule has 10 heteroatoms. The quantitative estimate of drug-likeness (QED) is 0.303. The molecular weight excluding hydrogens is 368 g/mol. The Balaban J connectivity index is 1.93. The lowest BCUT2D eigenvalue weighted by Gasteiger charge is -2.08. The van der Waals surface area contributed by atoms with Crippen molar-refractivity contribution in [3.05, 3.63) is 62.7 Å². The molecule has 3 heterocycles. The third-order valence-corrected chi connectivity index (χ3v) is 4.88. The number of rotatable bonds is 4. The Morgan fingerprint density at radius 3 is 2.85 bits per heavy atom. The zero-order chi connectivity index (χ0) is 19.1. The predicted molar refractivity (Wildman–Crippen MR) is 102 cm³/mol. The molecule has 4 aromatic rings. The number of hydrogen-bond donors (Lipinski definition) is 0. The molecule has 1 aromatic carbocycles. The molecule has 0 N–H and O–H groups in total. The van der Waals surface area contributed by atoms with E-state index in [1.54, 1.807) is 31.3 Å². The number of thioether (sulfide) groups is 1. The number of nitro groups is 1. The van der Waals surface area contributed by atoms with Gasteiger partial charge in [0.1, 0.15) is 0 Å². The average molecular weight is 382 g/mol. The second kappa shape index (κ2) is 6.47. The van der Waals surface area contributed by atoms with Crippen LogP contribution in [0.2, 0.25) is 0 Å². The number of nitrogens with zero attached hydrogens (tertiary/aromatic N) is 6. The van der Waals surface area contributed by atoms with E-state index in [1.807, 2.05) is 6.92 Å². The van der Waals surface area contributed by atoms with Gasteiger partial charge in [-0.15, -0.1) is 5.10 Å². The van der Waals surface area contributed by atoms with Crippen LogP contribution in [-0.4, -0.2) is 34.8 Å². The molecule has 9 nitrogen and oxygen atoms in total. The molecule has 0 aliphatic heterocycles. The maximum absolute atomic E-state index is 13.0. The van der Waals surface area contributed by atoms with E-state index < -0.39 is 4.92 Å². The van der Waals surface area contributed by atoms with Gasteiger partial charge in [-0.05, 0) is 24.8 Å². The number of aromatic nitrogens is 5. The van der Waals surface area contributed by atoms with Crippen LogP contribution in [0.25, 0.3) is 22.4 Å². The highest BCUT2D eigenvalue weighted by Crippen LogP contribution is 2.22. The van der Waals surface area contributed by atoms with Crippen LogP contribution < -0.4 is 5.56 Å². The fourth-order valence-corrected chi connectivity index (χ4v) is 3.38. The molecular formula is C17H14N6O3S. The summed E-state index contributed by atoms with van der Waals surface area (Å²) in [5.41, 5.74) is 1.16. The molecule has 0 aliphatic rings. The van der Waals surface area contributed by atoms with Crippen molar-refractivity contribution in [1.82, 2.24) is 24.1 Å². The number of benzene rings is 1. The third kappa shape index (κ3) is 2.83. The summed E-state index contributed by atoms with van der Waals surface area (Å²) in [5.74, 6) is 1.25. The molecule has 0 fully saturated rings. The van der Waals surface area contributed by atoms with Crippen molar-refractivity contribution in [2.75, 3.05) is 5.75 Å². The van der Waals surface area contributed by atoms with E-state index in [-0.39, 0.29) is 11.2 Å². The topological polar surface area (TPSA) is 108 Å². The SMILES string of the molecule is CCSc1nc2ncc3c(=O)n(-c4ccc(C)c([N+](=O)[O-])c4)ccc3n2n1. The minimum absolute atomic E-state index is 0.0365.